The summed E-state index contributed by atoms with van der Waals surface area (Å²) in [5.74, 6) is 0.312. The molecule has 6 nitrogen and oxygen atoms in total. The minimum absolute atomic E-state index is 0.182. The summed E-state index contributed by atoms with van der Waals surface area (Å²) in [6, 6.07) is 17.9. The number of ether oxygens (including phenoxy) is 2. The Morgan fingerprint density at radius 2 is 1.97 bits per heavy atom. The molecule has 184 valence electrons. The van der Waals surface area contributed by atoms with Crippen molar-refractivity contribution in [3.05, 3.63) is 86.2 Å². The van der Waals surface area contributed by atoms with E-state index in [1.807, 2.05) is 31.2 Å². The van der Waals surface area contributed by atoms with Crippen LogP contribution < -0.4 is 19.7 Å². The number of thioether (sulfide) groups is 1. The van der Waals surface area contributed by atoms with Gasteiger partial charge in [-0.2, -0.15) is 0 Å². The van der Waals surface area contributed by atoms with Crippen molar-refractivity contribution >= 4 is 85.1 Å². The van der Waals surface area contributed by atoms with E-state index < -0.39 is 0 Å². The molecule has 1 heterocycles. The maximum absolute atomic E-state index is 13.1. The van der Waals surface area contributed by atoms with Gasteiger partial charge in [0.15, 0.2) is 22.4 Å². The Bertz CT molecular complexity index is 1400. The first-order valence-electron chi connectivity index (χ1n) is 10.7. The van der Waals surface area contributed by atoms with Crippen LogP contribution in [0, 0.1) is 6.92 Å². The third-order valence-corrected chi connectivity index (χ3v) is 7.64. The van der Waals surface area contributed by atoms with Gasteiger partial charge < -0.3 is 14.8 Å². The lowest BCUT2D eigenvalue weighted by atomic mass is 10.2. The topological polar surface area (TPSA) is 67.9 Å². The number of thiocarbonyl (C=S) groups is 1. The molecule has 0 radical (unpaired) electrons. The highest BCUT2D eigenvalue weighted by Gasteiger charge is 2.33. The number of anilines is 2. The number of nitrogens with one attached hydrogen (secondary N) is 1. The van der Waals surface area contributed by atoms with E-state index in [9.17, 15) is 9.59 Å². The van der Waals surface area contributed by atoms with Gasteiger partial charge in [0.25, 0.3) is 11.8 Å². The van der Waals surface area contributed by atoms with E-state index in [1.54, 1.807) is 42.5 Å². The van der Waals surface area contributed by atoms with Gasteiger partial charge in [-0.25, -0.2) is 0 Å². The summed E-state index contributed by atoms with van der Waals surface area (Å²) >= 11 is 16.2. The summed E-state index contributed by atoms with van der Waals surface area (Å²) in [4.78, 5) is 27.3. The molecule has 0 saturated carbocycles. The molecule has 1 aliphatic rings. The quantitative estimate of drug-likeness (QED) is 0.236. The third kappa shape index (κ3) is 6.10. The first-order valence-corrected chi connectivity index (χ1v) is 13.0. The third-order valence-electron chi connectivity index (χ3n) is 5.10. The molecule has 2 amide bonds. The number of aryl methyl sites for hydroxylation is 1. The molecule has 1 aliphatic heterocycles. The fourth-order valence-electron chi connectivity index (χ4n) is 3.42. The molecule has 10 heteroatoms. The summed E-state index contributed by atoms with van der Waals surface area (Å²) in [6.45, 7) is 1.77. The van der Waals surface area contributed by atoms with Crippen molar-refractivity contribution in [2.75, 3.05) is 23.9 Å². The van der Waals surface area contributed by atoms with Gasteiger partial charge >= 0.3 is 0 Å². The van der Waals surface area contributed by atoms with Crippen LogP contribution in [0.1, 0.15) is 11.1 Å². The number of hydrogen-bond acceptors (Lipinski definition) is 6. The molecule has 1 fully saturated rings. The summed E-state index contributed by atoms with van der Waals surface area (Å²) in [6.07, 6.45) is 1.73. The van der Waals surface area contributed by atoms with Crippen molar-refractivity contribution in [3.63, 3.8) is 0 Å². The molecule has 0 aromatic heterocycles. The van der Waals surface area contributed by atoms with Crippen molar-refractivity contribution in [3.8, 4) is 11.5 Å². The number of carbonyl (C=O) groups is 2. The zero-order valence-corrected chi connectivity index (χ0v) is 23.2. The highest BCUT2D eigenvalue weighted by Crippen LogP contribution is 2.38. The second-order valence-electron chi connectivity index (χ2n) is 7.73. The average molecular weight is 604 g/mol. The van der Waals surface area contributed by atoms with E-state index >= 15 is 0 Å². The Balaban J connectivity index is 1.46. The predicted molar refractivity (Wildman–Crippen MR) is 153 cm³/mol. The standard InChI is InChI=1S/C26H20BrClN2O4S2/c1-15-4-3-5-17(10-15)29-24(31)14-34-21-9-6-16(11-22(21)33-2)12-23-25(32)30(26(35)36-23)18-7-8-19(27)20(28)13-18/h3-13H,14H2,1-2H3,(H,29,31). The number of halogens is 2. The Labute approximate surface area is 231 Å². The fraction of sp³-hybridized carbons (Fsp3) is 0.115. The average Bonchev–Trinajstić information content (AvgIpc) is 3.12. The first kappa shape index (κ1) is 26.2. The van der Waals surface area contributed by atoms with Gasteiger partial charge in [-0.05, 0) is 82.5 Å². The summed E-state index contributed by atoms with van der Waals surface area (Å²) in [5, 5.41) is 3.29. The molecule has 1 saturated heterocycles. The molecule has 1 N–H and O–H groups in total. The van der Waals surface area contributed by atoms with Gasteiger partial charge in [0.2, 0.25) is 0 Å². The lowest BCUT2D eigenvalue weighted by Crippen LogP contribution is -2.27. The summed E-state index contributed by atoms with van der Waals surface area (Å²) < 4.78 is 12.3. The van der Waals surface area contributed by atoms with E-state index in [-0.39, 0.29) is 18.4 Å². The van der Waals surface area contributed by atoms with Crippen LogP contribution in [0.2, 0.25) is 5.02 Å². The van der Waals surface area contributed by atoms with Gasteiger partial charge in [-0.3, -0.25) is 14.5 Å². The fourth-order valence-corrected chi connectivity index (χ4v) is 5.14. The van der Waals surface area contributed by atoms with Gasteiger partial charge in [-0.1, -0.05) is 53.8 Å². The minimum atomic E-state index is -0.288. The van der Waals surface area contributed by atoms with Crippen molar-refractivity contribution in [1.82, 2.24) is 0 Å². The van der Waals surface area contributed by atoms with E-state index in [1.165, 1.54) is 23.8 Å². The Morgan fingerprint density at radius 3 is 2.69 bits per heavy atom. The Morgan fingerprint density at radius 1 is 1.17 bits per heavy atom. The number of nitrogens with zero attached hydrogens (tertiary/aromatic N) is 1. The highest BCUT2D eigenvalue weighted by atomic mass is 79.9. The lowest BCUT2D eigenvalue weighted by Gasteiger charge is -2.15. The normalized spacial score (nSPS) is 14.3. The molecule has 0 bridgehead atoms. The predicted octanol–water partition coefficient (Wildman–Crippen LogP) is 6.84. The zero-order valence-electron chi connectivity index (χ0n) is 19.2. The van der Waals surface area contributed by atoms with Crippen molar-refractivity contribution in [1.29, 1.82) is 0 Å². The molecule has 3 aromatic carbocycles. The molecule has 0 spiro atoms. The van der Waals surface area contributed by atoms with E-state index in [0.717, 1.165) is 15.6 Å². The van der Waals surface area contributed by atoms with E-state index in [2.05, 4.69) is 21.2 Å². The molecule has 0 unspecified atom stereocenters. The summed E-state index contributed by atoms with van der Waals surface area (Å²) in [7, 11) is 1.51. The molecule has 36 heavy (non-hydrogen) atoms. The van der Waals surface area contributed by atoms with Gasteiger partial charge in [-0.15, -0.1) is 0 Å². The second kappa shape index (κ2) is 11.5. The Kier molecular flexibility index (Phi) is 8.35. The van der Waals surface area contributed by atoms with Crippen molar-refractivity contribution in [2.45, 2.75) is 6.92 Å². The lowest BCUT2D eigenvalue weighted by molar-refractivity contribution is -0.118. The van der Waals surface area contributed by atoms with Crippen LogP contribution in [0.15, 0.2) is 70.0 Å². The Hall–Kier alpha value is -2.85. The smallest absolute Gasteiger partial charge is 0.270 e. The first-order chi connectivity index (χ1) is 17.2. The van der Waals surface area contributed by atoms with Crippen molar-refractivity contribution < 1.29 is 19.1 Å². The number of benzene rings is 3. The molecular formula is C26H20BrClN2O4S2. The van der Waals surface area contributed by atoms with Crippen molar-refractivity contribution in [2.24, 2.45) is 0 Å². The van der Waals surface area contributed by atoms with Gasteiger partial charge in [0.05, 0.1) is 22.7 Å². The number of amides is 2. The number of carbonyl (C=O) groups excluding carboxylic acids is 2. The minimum Gasteiger partial charge on any atom is -0.493 e. The van der Waals surface area contributed by atoms with Crippen LogP contribution in [0.5, 0.6) is 11.5 Å². The van der Waals surface area contributed by atoms with E-state index in [0.29, 0.717) is 37.1 Å². The molecule has 0 atom stereocenters. The molecule has 4 rings (SSSR count). The molecule has 3 aromatic rings. The highest BCUT2D eigenvalue weighted by molar-refractivity contribution is 9.10. The monoisotopic (exact) mass is 602 g/mol. The number of methoxy groups -OCH3 is 1. The molecular weight excluding hydrogens is 584 g/mol. The SMILES string of the molecule is COc1cc(C=C2SC(=S)N(c3ccc(Br)c(Cl)c3)C2=O)ccc1OCC(=O)Nc1cccc(C)c1. The van der Waals surface area contributed by atoms with Gasteiger partial charge in [0, 0.05) is 10.2 Å². The van der Waals surface area contributed by atoms with Crippen LogP contribution in [-0.4, -0.2) is 29.9 Å². The zero-order chi connectivity index (χ0) is 25.8. The largest absolute Gasteiger partial charge is 0.493 e. The van der Waals surface area contributed by atoms with Crippen LogP contribution in [0.25, 0.3) is 6.08 Å². The van der Waals surface area contributed by atoms with Crippen LogP contribution in [0.4, 0.5) is 11.4 Å². The number of hydrogen-bond donors (Lipinski definition) is 1. The second-order valence-corrected chi connectivity index (χ2v) is 10.7. The van der Waals surface area contributed by atoms with Crippen LogP contribution >= 0.6 is 51.5 Å². The van der Waals surface area contributed by atoms with Gasteiger partial charge in [0.1, 0.15) is 0 Å². The maximum Gasteiger partial charge on any atom is 0.270 e. The number of rotatable bonds is 7. The molecule has 0 aliphatic carbocycles. The summed E-state index contributed by atoms with van der Waals surface area (Å²) in [5.41, 5.74) is 3.06. The van der Waals surface area contributed by atoms with Crippen LogP contribution in [-0.2, 0) is 9.59 Å². The van der Waals surface area contributed by atoms with E-state index in [4.69, 9.17) is 33.3 Å². The van der Waals surface area contributed by atoms with Crippen LogP contribution in [0.3, 0.4) is 0 Å². The maximum atomic E-state index is 13.1.